The third kappa shape index (κ3) is 4.67. The molecule has 5 aliphatic rings. The SMILES string of the molecule is CC[C@@]12CCCCc3ccc4c(c3)[C@@H](NC(=O)c3ccc5c(c3)[C@@H](CCO5)N(C(=O)C1)C(N)=N2)[C@@](C)(COC)S4. The number of benzene rings is 2. The lowest BCUT2D eigenvalue weighted by atomic mass is 9.84. The summed E-state index contributed by atoms with van der Waals surface area (Å²) < 4.78 is 11.2. The molecule has 5 heterocycles. The summed E-state index contributed by atoms with van der Waals surface area (Å²) in [6.45, 7) is 5.21. The first-order valence-electron chi connectivity index (χ1n) is 14.3. The van der Waals surface area contributed by atoms with E-state index in [1.54, 1.807) is 29.8 Å². The van der Waals surface area contributed by atoms with Gasteiger partial charge in [0.1, 0.15) is 5.75 Å². The minimum Gasteiger partial charge on any atom is -0.493 e. The standard InChI is InChI=1S/C31H38N4O4S/c1-4-31-13-6-5-7-19-8-11-25-22(15-19)27(30(2,40-25)18-38-3)33-28(37)20-9-10-24-21(16-20)23(12-14-39-24)35(26(36)17-31)29(32)34-31/h8-11,15-16,23,27H,4-7,12-14,17-18H2,1-3H3,(H2,32,34)(H,33,37)/t23-,27-,30-,31-/m1/s1. The van der Waals surface area contributed by atoms with Crippen LogP contribution in [-0.4, -0.2) is 53.3 Å². The summed E-state index contributed by atoms with van der Waals surface area (Å²) in [5, 5.41) is 3.34. The number of amides is 2. The summed E-state index contributed by atoms with van der Waals surface area (Å²) >= 11 is 1.76. The van der Waals surface area contributed by atoms with Crippen molar-refractivity contribution in [2.75, 3.05) is 20.3 Å². The Morgan fingerprint density at radius 1 is 1.20 bits per heavy atom. The van der Waals surface area contributed by atoms with Crippen LogP contribution in [0.15, 0.2) is 46.3 Å². The first-order valence-corrected chi connectivity index (χ1v) is 15.1. The number of thioether (sulfide) groups is 1. The Kier molecular flexibility index (Phi) is 7.07. The maximum Gasteiger partial charge on any atom is 0.251 e. The lowest BCUT2D eigenvalue weighted by molar-refractivity contribution is -0.132. The molecule has 5 aliphatic heterocycles. The minimum atomic E-state index is -0.472. The highest BCUT2D eigenvalue weighted by atomic mass is 32.2. The zero-order chi connectivity index (χ0) is 28.1. The van der Waals surface area contributed by atoms with Crippen LogP contribution in [0.4, 0.5) is 0 Å². The monoisotopic (exact) mass is 562 g/mol. The summed E-state index contributed by atoms with van der Waals surface area (Å²) in [6, 6.07) is 11.6. The van der Waals surface area contributed by atoms with E-state index in [1.165, 1.54) is 10.5 Å². The molecule has 7 rings (SSSR count). The predicted molar refractivity (Wildman–Crippen MR) is 156 cm³/mol. The fourth-order valence-electron chi connectivity index (χ4n) is 6.81. The van der Waals surface area contributed by atoms with Crippen molar-refractivity contribution in [1.82, 2.24) is 10.2 Å². The summed E-state index contributed by atoms with van der Waals surface area (Å²) in [4.78, 5) is 35.3. The Hall–Kier alpha value is -3.04. The number of hydrogen-bond donors (Lipinski definition) is 2. The van der Waals surface area contributed by atoms with Crippen molar-refractivity contribution < 1.29 is 19.1 Å². The number of carbonyl (C=O) groups is 2. The Morgan fingerprint density at radius 3 is 2.83 bits per heavy atom. The van der Waals surface area contributed by atoms with Crippen LogP contribution >= 0.6 is 11.8 Å². The van der Waals surface area contributed by atoms with Gasteiger partial charge in [0, 0.05) is 29.6 Å². The van der Waals surface area contributed by atoms with Crippen LogP contribution in [0.2, 0.25) is 0 Å². The molecule has 3 N–H and O–H groups in total. The molecule has 0 saturated heterocycles. The Bertz CT molecular complexity index is 1380. The van der Waals surface area contributed by atoms with E-state index >= 15 is 0 Å². The number of fused-ring (bicyclic) bond motifs is 5. The molecule has 40 heavy (non-hydrogen) atoms. The summed E-state index contributed by atoms with van der Waals surface area (Å²) in [5.74, 6) is 0.758. The van der Waals surface area contributed by atoms with Crippen molar-refractivity contribution in [3.05, 3.63) is 58.7 Å². The molecule has 2 aromatic rings. The molecule has 0 radical (unpaired) electrons. The van der Waals surface area contributed by atoms with Gasteiger partial charge in [-0.1, -0.05) is 25.5 Å². The van der Waals surface area contributed by atoms with Crippen molar-refractivity contribution in [2.24, 2.45) is 10.7 Å². The topological polar surface area (TPSA) is 106 Å². The van der Waals surface area contributed by atoms with Crippen molar-refractivity contribution in [3.8, 4) is 5.75 Å². The highest BCUT2D eigenvalue weighted by Crippen LogP contribution is 2.52. The lowest BCUT2D eigenvalue weighted by Crippen LogP contribution is -2.53. The zero-order valence-corrected chi connectivity index (χ0v) is 24.3. The quantitative estimate of drug-likeness (QED) is 0.551. The molecule has 9 heteroatoms. The molecule has 6 bridgehead atoms. The number of hydrogen-bond acceptors (Lipinski definition) is 7. The molecule has 0 spiro atoms. The van der Waals surface area contributed by atoms with Gasteiger partial charge in [-0.25, -0.2) is 4.99 Å². The van der Waals surface area contributed by atoms with E-state index in [0.717, 1.165) is 43.2 Å². The Balaban J connectivity index is 1.44. The Labute approximate surface area is 240 Å². The smallest absolute Gasteiger partial charge is 0.251 e. The van der Waals surface area contributed by atoms with Gasteiger partial charge >= 0.3 is 0 Å². The van der Waals surface area contributed by atoms with Gasteiger partial charge in [0.2, 0.25) is 5.91 Å². The number of nitrogens with one attached hydrogen (secondary N) is 1. The third-order valence-electron chi connectivity index (χ3n) is 9.00. The van der Waals surface area contributed by atoms with Crippen LogP contribution < -0.4 is 15.8 Å². The summed E-state index contributed by atoms with van der Waals surface area (Å²) in [5.41, 5.74) is 9.79. The molecular weight excluding hydrogens is 524 g/mol. The van der Waals surface area contributed by atoms with E-state index in [9.17, 15) is 9.59 Å². The molecule has 212 valence electrons. The Morgan fingerprint density at radius 2 is 2.05 bits per heavy atom. The van der Waals surface area contributed by atoms with E-state index in [4.69, 9.17) is 20.2 Å². The highest BCUT2D eigenvalue weighted by Gasteiger charge is 2.46. The van der Waals surface area contributed by atoms with E-state index in [1.807, 2.05) is 12.1 Å². The molecule has 4 atom stereocenters. The van der Waals surface area contributed by atoms with Crippen LogP contribution in [0.5, 0.6) is 5.75 Å². The van der Waals surface area contributed by atoms with Gasteiger partial charge in [0.15, 0.2) is 5.96 Å². The molecule has 2 amide bonds. The van der Waals surface area contributed by atoms with E-state index in [-0.39, 0.29) is 34.6 Å². The van der Waals surface area contributed by atoms with Gasteiger partial charge in [-0.2, -0.15) is 0 Å². The van der Waals surface area contributed by atoms with Gasteiger partial charge in [-0.05, 0) is 68.0 Å². The van der Waals surface area contributed by atoms with Crippen LogP contribution in [-0.2, 0) is 16.0 Å². The summed E-state index contributed by atoms with van der Waals surface area (Å²) in [6.07, 6.45) is 5.37. The second-order valence-corrected chi connectivity index (χ2v) is 13.3. The highest BCUT2D eigenvalue weighted by molar-refractivity contribution is 8.01. The van der Waals surface area contributed by atoms with E-state index in [2.05, 4.69) is 37.4 Å². The van der Waals surface area contributed by atoms with Gasteiger partial charge in [-0.3, -0.25) is 14.5 Å². The minimum absolute atomic E-state index is 0.0123. The number of guanidine groups is 1. The van der Waals surface area contributed by atoms with E-state index in [0.29, 0.717) is 37.4 Å². The second kappa shape index (κ2) is 10.4. The molecule has 0 fully saturated rings. The van der Waals surface area contributed by atoms with Gasteiger partial charge in [0.05, 0.1) is 42.0 Å². The number of nitrogens with two attached hydrogens (primary N) is 1. The van der Waals surface area contributed by atoms with Crippen LogP contribution in [0.1, 0.15) is 91.5 Å². The average Bonchev–Trinajstić information content (AvgIpc) is 3.20. The molecule has 0 unspecified atom stereocenters. The zero-order valence-electron chi connectivity index (χ0n) is 23.5. The van der Waals surface area contributed by atoms with Crippen LogP contribution in [0.3, 0.4) is 0 Å². The van der Waals surface area contributed by atoms with Gasteiger partial charge in [0.25, 0.3) is 5.91 Å². The second-order valence-electron chi connectivity index (χ2n) is 11.7. The fraction of sp³-hybridized carbons (Fsp3) is 0.516. The van der Waals surface area contributed by atoms with Crippen molar-refractivity contribution in [1.29, 1.82) is 0 Å². The average molecular weight is 563 g/mol. The van der Waals surface area contributed by atoms with Crippen molar-refractivity contribution in [2.45, 2.75) is 86.1 Å². The first kappa shape index (κ1) is 27.1. The van der Waals surface area contributed by atoms with E-state index < -0.39 is 5.54 Å². The molecular formula is C31H38N4O4S. The van der Waals surface area contributed by atoms with Crippen LogP contribution in [0, 0.1) is 0 Å². The van der Waals surface area contributed by atoms with Crippen molar-refractivity contribution >= 4 is 29.5 Å². The number of aliphatic imine (C=N–C) groups is 1. The molecule has 0 aromatic heterocycles. The number of rotatable bonds is 3. The molecule has 0 aliphatic carbocycles. The molecule has 0 saturated carbocycles. The normalized spacial score (nSPS) is 29.8. The predicted octanol–water partition coefficient (Wildman–Crippen LogP) is 4.91. The number of ether oxygens (including phenoxy) is 2. The van der Waals surface area contributed by atoms with Crippen molar-refractivity contribution in [3.63, 3.8) is 0 Å². The largest absolute Gasteiger partial charge is 0.493 e. The number of nitrogens with zero attached hydrogens (tertiary/aromatic N) is 2. The maximum absolute atomic E-state index is 13.8. The third-order valence-corrected chi connectivity index (χ3v) is 10.4. The first-order chi connectivity index (χ1) is 19.3. The van der Waals surface area contributed by atoms with Gasteiger partial charge in [-0.15, -0.1) is 11.8 Å². The summed E-state index contributed by atoms with van der Waals surface area (Å²) in [7, 11) is 1.70. The number of aryl methyl sites for hydroxylation is 1. The maximum atomic E-state index is 13.8. The molecule has 2 aromatic carbocycles. The number of methoxy groups -OCH3 is 1. The van der Waals surface area contributed by atoms with Gasteiger partial charge < -0.3 is 20.5 Å². The number of carbonyl (C=O) groups excluding carboxylic acids is 2. The van der Waals surface area contributed by atoms with Crippen LogP contribution in [0.25, 0.3) is 0 Å². The molecule has 8 nitrogen and oxygen atoms in total. The lowest BCUT2D eigenvalue weighted by Gasteiger charge is -2.42. The fourth-order valence-corrected chi connectivity index (χ4v) is 8.23.